The first-order valence-electron chi connectivity index (χ1n) is 6.63. The van der Waals surface area contributed by atoms with Crippen LogP contribution in [-0.4, -0.2) is 10.9 Å². The van der Waals surface area contributed by atoms with Gasteiger partial charge in [-0.15, -0.1) is 22.7 Å². The van der Waals surface area contributed by atoms with Crippen LogP contribution in [0.4, 0.5) is 10.8 Å². The molecule has 3 N–H and O–H groups in total. The van der Waals surface area contributed by atoms with E-state index in [1.165, 1.54) is 22.7 Å². The van der Waals surface area contributed by atoms with Gasteiger partial charge in [0.25, 0.3) is 5.91 Å². The van der Waals surface area contributed by atoms with Crippen LogP contribution in [0.1, 0.15) is 27.2 Å². The van der Waals surface area contributed by atoms with Crippen molar-refractivity contribution in [3.05, 3.63) is 39.7 Å². The molecule has 0 unspecified atom stereocenters. The van der Waals surface area contributed by atoms with Gasteiger partial charge in [0, 0.05) is 15.3 Å². The van der Waals surface area contributed by atoms with Crippen molar-refractivity contribution in [3.8, 4) is 0 Å². The van der Waals surface area contributed by atoms with Gasteiger partial charge in [0.05, 0.1) is 10.6 Å². The number of aryl methyl sites for hydroxylation is 2. The molecule has 0 atom stereocenters. The first kappa shape index (κ1) is 14.0. The van der Waals surface area contributed by atoms with E-state index in [-0.39, 0.29) is 5.91 Å². The maximum atomic E-state index is 12.3. The van der Waals surface area contributed by atoms with E-state index in [1.54, 1.807) is 0 Å². The smallest absolute Gasteiger partial charge is 0.267 e. The van der Waals surface area contributed by atoms with Crippen LogP contribution >= 0.6 is 22.7 Å². The molecule has 6 heteroatoms. The second kappa shape index (κ2) is 5.46. The zero-order chi connectivity index (χ0) is 15.0. The van der Waals surface area contributed by atoms with Gasteiger partial charge in [-0.05, 0) is 43.0 Å². The minimum Gasteiger partial charge on any atom is -0.399 e. The minimum atomic E-state index is -0.119. The highest BCUT2D eigenvalue weighted by Crippen LogP contribution is 2.29. The van der Waals surface area contributed by atoms with E-state index in [4.69, 9.17) is 5.73 Å². The molecule has 0 saturated heterocycles. The maximum Gasteiger partial charge on any atom is 0.267 e. The van der Waals surface area contributed by atoms with Crippen LogP contribution in [-0.2, 0) is 6.42 Å². The van der Waals surface area contributed by atoms with Gasteiger partial charge in [0.2, 0.25) is 0 Å². The van der Waals surface area contributed by atoms with Gasteiger partial charge in [-0.3, -0.25) is 10.1 Å². The molecule has 3 rings (SSSR count). The SMILES string of the molecule is CCc1nc(NC(=O)c2cc3cc(N)ccc3s2)sc1C. The molecule has 0 radical (unpaired) electrons. The topological polar surface area (TPSA) is 68.0 Å². The number of nitrogens with two attached hydrogens (primary N) is 1. The van der Waals surface area contributed by atoms with Crippen molar-refractivity contribution < 1.29 is 4.79 Å². The zero-order valence-corrected chi connectivity index (χ0v) is 13.4. The van der Waals surface area contributed by atoms with Crippen LogP contribution in [0.3, 0.4) is 0 Å². The number of amides is 1. The molecule has 0 spiro atoms. The number of aromatic nitrogens is 1. The Morgan fingerprint density at radius 1 is 1.33 bits per heavy atom. The summed E-state index contributed by atoms with van der Waals surface area (Å²) in [5, 5.41) is 4.53. The maximum absolute atomic E-state index is 12.3. The number of carbonyl (C=O) groups is 1. The van der Waals surface area contributed by atoms with Gasteiger partial charge in [-0.2, -0.15) is 0 Å². The number of hydrogen-bond donors (Lipinski definition) is 2. The van der Waals surface area contributed by atoms with Crippen LogP contribution < -0.4 is 11.1 Å². The zero-order valence-electron chi connectivity index (χ0n) is 11.8. The van der Waals surface area contributed by atoms with Crippen LogP contribution in [0.2, 0.25) is 0 Å². The third kappa shape index (κ3) is 2.77. The quantitative estimate of drug-likeness (QED) is 0.716. The van der Waals surface area contributed by atoms with Gasteiger partial charge in [0.1, 0.15) is 0 Å². The van der Waals surface area contributed by atoms with Gasteiger partial charge in [-0.25, -0.2) is 4.98 Å². The highest BCUT2D eigenvalue weighted by Gasteiger charge is 2.13. The van der Waals surface area contributed by atoms with Crippen molar-refractivity contribution in [1.29, 1.82) is 0 Å². The first-order chi connectivity index (χ1) is 10.1. The number of thiophene rings is 1. The second-order valence-electron chi connectivity index (χ2n) is 4.74. The fourth-order valence-corrected chi connectivity index (χ4v) is 3.98. The lowest BCUT2D eigenvalue weighted by molar-refractivity contribution is 0.103. The van der Waals surface area contributed by atoms with Crippen molar-refractivity contribution >= 4 is 49.5 Å². The lowest BCUT2D eigenvalue weighted by Crippen LogP contribution is -2.09. The number of fused-ring (bicyclic) bond motifs is 1. The summed E-state index contributed by atoms with van der Waals surface area (Å²) in [6, 6.07) is 7.53. The number of benzene rings is 1. The van der Waals surface area contributed by atoms with Gasteiger partial charge in [-0.1, -0.05) is 6.92 Å². The average molecular weight is 317 g/mol. The molecule has 0 aliphatic heterocycles. The van der Waals surface area contributed by atoms with Crippen molar-refractivity contribution in [2.24, 2.45) is 0 Å². The summed E-state index contributed by atoms with van der Waals surface area (Å²) in [7, 11) is 0. The molecule has 0 saturated carbocycles. The Bertz CT molecular complexity index is 820. The predicted octanol–water partition coefficient (Wildman–Crippen LogP) is 4.06. The third-order valence-corrected chi connectivity index (χ3v) is 5.26. The van der Waals surface area contributed by atoms with E-state index < -0.39 is 0 Å². The molecule has 108 valence electrons. The molecule has 0 aliphatic carbocycles. The third-order valence-electron chi connectivity index (χ3n) is 3.21. The summed E-state index contributed by atoms with van der Waals surface area (Å²) < 4.78 is 1.05. The molecular weight excluding hydrogens is 302 g/mol. The number of carbonyl (C=O) groups excluding carboxylic acids is 1. The Balaban J connectivity index is 1.86. The number of thiazole rings is 1. The molecule has 2 aromatic heterocycles. The Morgan fingerprint density at radius 2 is 2.14 bits per heavy atom. The predicted molar refractivity (Wildman–Crippen MR) is 90.4 cm³/mol. The molecule has 21 heavy (non-hydrogen) atoms. The normalized spacial score (nSPS) is 11.0. The highest BCUT2D eigenvalue weighted by molar-refractivity contribution is 7.21. The number of nitrogens with one attached hydrogen (secondary N) is 1. The standard InChI is InChI=1S/C15H15N3OS2/c1-3-11-8(2)20-15(17-11)18-14(19)13-7-9-6-10(16)4-5-12(9)21-13/h4-7H,3,16H2,1-2H3,(H,17,18,19). The lowest BCUT2D eigenvalue weighted by atomic mass is 10.2. The molecule has 0 aliphatic rings. The molecule has 3 aromatic rings. The Kier molecular flexibility index (Phi) is 3.65. The van der Waals surface area contributed by atoms with E-state index in [0.717, 1.165) is 27.1 Å². The number of hydrogen-bond acceptors (Lipinski definition) is 5. The summed E-state index contributed by atoms with van der Waals surface area (Å²) in [4.78, 5) is 18.6. The number of anilines is 2. The Morgan fingerprint density at radius 3 is 2.86 bits per heavy atom. The van der Waals surface area contributed by atoms with Crippen LogP contribution in [0.15, 0.2) is 24.3 Å². The molecule has 1 aromatic carbocycles. The van der Waals surface area contributed by atoms with Crippen molar-refractivity contribution in [1.82, 2.24) is 4.98 Å². The fourth-order valence-electron chi connectivity index (χ4n) is 2.14. The van der Waals surface area contributed by atoms with Crippen molar-refractivity contribution in [3.63, 3.8) is 0 Å². The molecule has 4 nitrogen and oxygen atoms in total. The summed E-state index contributed by atoms with van der Waals surface area (Å²) in [5.74, 6) is -0.119. The van der Waals surface area contributed by atoms with Crippen molar-refractivity contribution in [2.75, 3.05) is 11.1 Å². The van der Waals surface area contributed by atoms with E-state index in [1.807, 2.05) is 31.2 Å². The van der Waals surface area contributed by atoms with Gasteiger partial charge < -0.3 is 5.73 Å². The number of rotatable bonds is 3. The summed E-state index contributed by atoms with van der Waals surface area (Å²) >= 11 is 2.97. The van der Waals surface area contributed by atoms with Crippen LogP contribution in [0, 0.1) is 6.92 Å². The lowest BCUT2D eigenvalue weighted by Gasteiger charge is -1.97. The van der Waals surface area contributed by atoms with Crippen LogP contribution in [0.5, 0.6) is 0 Å². The first-order valence-corrected chi connectivity index (χ1v) is 8.27. The molecule has 1 amide bonds. The molecule has 2 heterocycles. The van der Waals surface area contributed by atoms with E-state index >= 15 is 0 Å². The number of nitrogen functional groups attached to an aromatic ring is 1. The Labute approximate surface area is 130 Å². The summed E-state index contributed by atoms with van der Waals surface area (Å²) in [6.07, 6.45) is 0.875. The minimum absolute atomic E-state index is 0.119. The van der Waals surface area contributed by atoms with E-state index in [9.17, 15) is 4.79 Å². The van der Waals surface area contributed by atoms with E-state index in [0.29, 0.717) is 15.7 Å². The molecule has 0 fully saturated rings. The largest absolute Gasteiger partial charge is 0.399 e. The second-order valence-corrected chi connectivity index (χ2v) is 7.02. The molecular formula is C15H15N3OS2. The van der Waals surface area contributed by atoms with Gasteiger partial charge >= 0.3 is 0 Å². The fraction of sp³-hybridized carbons (Fsp3) is 0.200. The summed E-state index contributed by atoms with van der Waals surface area (Å²) in [6.45, 7) is 4.08. The highest BCUT2D eigenvalue weighted by atomic mass is 32.1. The number of nitrogens with zero attached hydrogens (tertiary/aromatic N) is 1. The summed E-state index contributed by atoms with van der Waals surface area (Å²) in [5.41, 5.74) is 7.51. The van der Waals surface area contributed by atoms with E-state index in [2.05, 4.69) is 17.2 Å². The van der Waals surface area contributed by atoms with Crippen molar-refractivity contribution in [2.45, 2.75) is 20.3 Å². The monoisotopic (exact) mass is 317 g/mol. The van der Waals surface area contributed by atoms with Gasteiger partial charge in [0.15, 0.2) is 5.13 Å². The average Bonchev–Trinajstić information content (AvgIpc) is 3.01. The molecule has 0 bridgehead atoms. The van der Waals surface area contributed by atoms with Crippen LogP contribution in [0.25, 0.3) is 10.1 Å². The Hall–Kier alpha value is -1.92.